The van der Waals surface area contributed by atoms with Crippen molar-refractivity contribution in [1.82, 2.24) is 4.98 Å². The monoisotopic (exact) mass is 311 g/mol. The highest BCUT2D eigenvalue weighted by Crippen LogP contribution is 2.26. The molecule has 0 fully saturated rings. The Morgan fingerprint density at radius 2 is 1.74 bits per heavy atom. The molecule has 0 bridgehead atoms. The molecule has 2 rings (SSSR count). The molecule has 2 N–H and O–H groups in total. The van der Waals surface area contributed by atoms with Gasteiger partial charge in [0.25, 0.3) is 0 Å². The Kier molecular flexibility index (Phi) is 6.15. The van der Waals surface area contributed by atoms with Gasteiger partial charge in [-0.25, -0.2) is 4.98 Å². The summed E-state index contributed by atoms with van der Waals surface area (Å²) in [6, 6.07) is 10.2. The van der Waals surface area contributed by atoms with Crippen molar-refractivity contribution in [3.63, 3.8) is 0 Å². The van der Waals surface area contributed by atoms with Crippen LogP contribution in [0.25, 0.3) is 0 Å². The van der Waals surface area contributed by atoms with Gasteiger partial charge in [0.2, 0.25) is 5.91 Å². The number of pyridine rings is 1. The lowest BCUT2D eigenvalue weighted by atomic mass is 10.0. The van der Waals surface area contributed by atoms with E-state index >= 15 is 0 Å². The quantitative estimate of drug-likeness (QED) is 0.780. The fraction of sp³-hybridized carbons (Fsp3) is 0.368. The second-order valence-electron chi connectivity index (χ2n) is 5.51. The van der Waals surface area contributed by atoms with Gasteiger partial charge in [-0.05, 0) is 42.5 Å². The van der Waals surface area contributed by atoms with Gasteiger partial charge in [0, 0.05) is 12.1 Å². The number of amides is 1. The van der Waals surface area contributed by atoms with Crippen LogP contribution in [0.1, 0.15) is 44.7 Å². The average molecular weight is 311 g/mol. The Morgan fingerprint density at radius 1 is 1.04 bits per heavy atom. The molecule has 23 heavy (non-hydrogen) atoms. The number of aryl methyl sites for hydroxylation is 2. The van der Waals surface area contributed by atoms with E-state index in [1.807, 2.05) is 19.1 Å². The van der Waals surface area contributed by atoms with Crippen LogP contribution >= 0.6 is 0 Å². The van der Waals surface area contributed by atoms with Crippen LogP contribution in [0.3, 0.4) is 0 Å². The lowest BCUT2D eigenvalue weighted by Crippen LogP contribution is -2.10. The highest BCUT2D eigenvalue weighted by Gasteiger charge is 2.07. The van der Waals surface area contributed by atoms with Crippen LogP contribution in [0.2, 0.25) is 0 Å². The van der Waals surface area contributed by atoms with E-state index in [0.29, 0.717) is 6.42 Å². The lowest BCUT2D eigenvalue weighted by Gasteiger charge is -2.15. The highest BCUT2D eigenvalue weighted by molar-refractivity contribution is 5.90. The van der Waals surface area contributed by atoms with E-state index in [1.54, 1.807) is 6.20 Å². The molecule has 2 aromatic rings. The Balaban J connectivity index is 2.14. The number of nitrogens with one attached hydrogen (secondary N) is 2. The number of carbonyl (C=O) groups is 1. The van der Waals surface area contributed by atoms with E-state index in [1.165, 1.54) is 11.1 Å². The standard InChI is InChI=1S/C19H25N3O/c1-4-8-18(23)21-16-11-12-17(20-13-16)22-19-14(5-2)9-7-10-15(19)6-3/h7,9-13H,4-6,8H2,1-3H3,(H,20,22)(H,21,23). The van der Waals surface area contributed by atoms with Crippen LogP contribution in [0.15, 0.2) is 36.5 Å². The topological polar surface area (TPSA) is 54.0 Å². The van der Waals surface area contributed by atoms with E-state index in [9.17, 15) is 4.79 Å². The van der Waals surface area contributed by atoms with Crippen molar-refractivity contribution in [2.24, 2.45) is 0 Å². The van der Waals surface area contributed by atoms with Crippen molar-refractivity contribution in [2.75, 3.05) is 10.6 Å². The minimum Gasteiger partial charge on any atom is -0.340 e. The first-order chi connectivity index (χ1) is 11.2. The summed E-state index contributed by atoms with van der Waals surface area (Å²) in [5, 5.41) is 6.27. The number of hydrogen-bond acceptors (Lipinski definition) is 3. The maximum absolute atomic E-state index is 11.6. The van der Waals surface area contributed by atoms with Crippen LogP contribution in [0.5, 0.6) is 0 Å². The Hall–Kier alpha value is -2.36. The number of hydrogen-bond donors (Lipinski definition) is 2. The van der Waals surface area contributed by atoms with E-state index < -0.39 is 0 Å². The van der Waals surface area contributed by atoms with Crippen molar-refractivity contribution in [3.8, 4) is 0 Å². The van der Waals surface area contributed by atoms with Crippen molar-refractivity contribution >= 4 is 23.1 Å². The maximum Gasteiger partial charge on any atom is 0.224 e. The fourth-order valence-corrected chi connectivity index (χ4v) is 2.52. The van der Waals surface area contributed by atoms with Gasteiger partial charge in [0.15, 0.2) is 0 Å². The number of carbonyl (C=O) groups excluding carboxylic acids is 1. The first-order valence-electron chi connectivity index (χ1n) is 8.31. The lowest BCUT2D eigenvalue weighted by molar-refractivity contribution is -0.116. The summed E-state index contributed by atoms with van der Waals surface area (Å²) < 4.78 is 0. The van der Waals surface area contributed by atoms with Gasteiger partial charge >= 0.3 is 0 Å². The summed E-state index contributed by atoms with van der Waals surface area (Å²) in [5.41, 5.74) is 4.44. The molecule has 0 radical (unpaired) electrons. The number of rotatable bonds is 7. The summed E-state index contributed by atoms with van der Waals surface area (Å²) in [5.74, 6) is 0.814. The zero-order valence-corrected chi connectivity index (χ0v) is 14.1. The second-order valence-corrected chi connectivity index (χ2v) is 5.51. The molecule has 0 aliphatic rings. The minimum atomic E-state index is 0.0274. The second kappa shape index (κ2) is 8.32. The van der Waals surface area contributed by atoms with E-state index in [2.05, 4.69) is 47.7 Å². The Morgan fingerprint density at radius 3 is 2.26 bits per heavy atom. The van der Waals surface area contributed by atoms with E-state index in [0.717, 1.165) is 36.5 Å². The van der Waals surface area contributed by atoms with Gasteiger partial charge in [0.05, 0.1) is 11.9 Å². The summed E-state index contributed by atoms with van der Waals surface area (Å²) >= 11 is 0. The zero-order chi connectivity index (χ0) is 16.7. The van der Waals surface area contributed by atoms with Gasteiger partial charge in [-0.15, -0.1) is 0 Å². The van der Waals surface area contributed by atoms with Crippen molar-refractivity contribution in [3.05, 3.63) is 47.7 Å². The number of anilines is 3. The van der Waals surface area contributed by atoms with Crippen LogP contribution in [0.4, 0.5) is 17.2 Å². The summed E-state index contributed by atoms with van der Waals surface area (Å²) in [6.45, 7) is 6.29. The van der Waals surface area contributed by atoms with Crippen LogP contribution in [0, 0.1) is 0 Å². The predicted octanol–water partition coefficient (Wildman–Crippen LogP) is 4.69. The molecule has 122 valence electrons. The van der Waals surface area contributed by atoms with E-state index in [-0.39, 0.29) is 5.91 Å². The van der Waals surface area contributed by atoms with Crippen LogP contribution in [-0.4, -0.2) is 10.9 Å². The van der Waals surface area contributed by atoms with Crippen molar-refractivity contribution in [2.45, 2.75) is 46.5 Å². The number of benzene rings is 1. The molecule has 0 saturated heterocycles. The molecule has 1 amide bonds. The number of aromatic nitrogens is 1. The fourth-order valence-electron chi connectivity index (χ4n) is 2.52. The van der Waals surface area contributed by atoms with Gasteiger partial charge in [-0.2, -0.15) is 0 Å². The predicted molar refractivity (Wildman–Crippen MR) is 96.3 cm³/mol. The summed E-state index contributed by atoms with van der Waals surface area (Å²) in [4.78, 5) is 16.0. The zero-order valence-electron chi connectivity index (χ0n) is 14.1. The third kappa shape index (κ3) is 4.55. The Bertz CT molecular complexity index is 628. The van der Waals surface area contributed by atoms with Gasteiger partial charge in [0.1, 0.15) is 5.82 Å². The molecular formula is C19H25N3O. The Labute approximate surface area is 138 Å². The molecule has 1 heterocycles. The van der Waals surface area contributed by atoms with Gasteiger partial charge in [-0.3, -0.25) is 4.79 Å². The van der Waals surface area contributed by atoms with Gasteiger partial charge < -0.3 is 10.6 Å². The number of para-hydroxylation sites is 1. The SMILES string of the molecule is CCCC(=O)Nc1ccc(Nc2c(CC)cccc2CC)nc1. The third-order valence-electron chi connectivity index (χ3n) is 3.78. The number of nitrogens with zero attached hydrogens (tertiary/aromatic N) is 1. The van der Waals surface area contributed by atoms with Crippen molar-refractivity contribution < 1.29 is 4.79 Å². The molecule has 0 spiro atoms. The maximum atomic E-state index is 11.6. The molecule has 4 heteroatoms. The first kappa shape index (κ1) is 17.0. The molecule has 0 atom stereocenters. The van der Waals surface area contributed by atoms with Crippen molar-refractivity contribution in [1.29, 1.82) is 0 Å². The largest absolute Gasteiger partial charge is 0.340 e. The molecule has 4 nitrogen and oxygen atoms in total. The molecule has 0 aliphatic carbocycles. The molecule has 0 unspecified atom stereocenters. The summed E-state index contributed by atoms with van der Waals surface area (Å²) in [7, 11) is 0. The normalized spacial score (nSPS) is 10.4. The average Bonchev–Trinajstić information content (AvgIpc) is 2.57. The molecule has 1 aromatic carbocycles. The minimum absolute atomic E-state index is 0.0274. The third-order valence-corrected chi connectivity index (χ3v) is 3.78. The van der Waals surface area contributed by atoms with Crippen LogP contribution in [-0.2, 0) is 17.6 Å². The van der Waals surface area contributed by atoms with Gasteiger partial charge in [-0.1, -0.05) is 39.0 Å². The molecule has 0 aliphatic heterocycles. The van der Waals surface area contributed by atoms with Crippen LogP contribution < -0.4 is 10.6 Å². The summed E-state index contributed by atoms with van der Waals surface area (Å²) in [6.07, 6.45) is 5.01. The first-order valence-corrected chi connectivity index (χ1v) is 8.31. The molecular weight excluding hydrogens is 286 g/mol. The molecule has 0 saturated carbocycles. The smallest absolute Gasteiger partial charge is 0.224 e. The van der Waals surface area contributed by atoms with E-state index in [4.69, 9.17) is 0 Å². The highest BCUT2D eigenvalue weighted by atomic mass is 16.1. The molecule has 1 aromatic heterocycles.